The molecule has 0 amide bonds. The maximum absolute atomic E-state index is 6.01. The van der Waals surface area contributed by atoms with Crippen molar-refractivity contribution < 1.29 is 4.74 Å². The highest BCUT2D eigenvalue weighted by atomic mass is 79.9. The predicted octanol–water partition coefficient (Wildman–Crippen LogP) is 4.99. The molecular formula is C13H12BrCl2NOS. The van der Waals surface area contributed by atoms with Crippen LogP contribution in [-0.4, -0.2) is 13.2 Å². The second-order valence-electron chi connectivity index (χ2n) is 3.83. The van der Waals surface area contributed by atoms with Crippen molar-refractivity contribution in [3.63, 3.8) is 0 Å². The van der Waals surface area contributed by atoms with Gasteiger partial charge in [-0.15, -0.1) is 11.3 Å². The minimum atomic E-state index is 0.537. The summed E-state index contributed by atoms with van der Waals surface area (Å²) in [6.07, 6.45) is 0. The van der Waals surface area contributed by atoms with E-state index in [1.165, 1.54) is 4.88 Å². The summed E-state index contributed by atoms with van der Waals surface area (Å²) in [5, 5.41) is 6.53. The highest BCUT2D eigenvalue weighted by molar-refractivity contribution is 9.10. The van der Waals surface area contributed by atoms with E-state index >= 15 is 0 Å². The molecule has 0 aliphatic carbocycles. The maximum Gasteiger partial charge on any atom is 0.138 e. The first-order valence-corrected chi connectivity index (χ1v) is 8.09. The topological polar surface area (TPSA) is 21.3 Å². The van der Waals surface area contributed by atoms with Crippen LogP contribution in [0.4, 0.5) is 0 Å². The molecule has 1 N–H and O–H groups in total. The van der Waals surface area contributed by atoms with Gasteiger partial charge in [-0.25, -0.2) is 0 Å². The van der Waals surface area contributed by atoms with Crippen LogP contribution >= 0.6 is 50.5 Å². The van der Waals surface area contributed by atoms with Crippen molar-refractivity contribution in [3.8, 4) is 5.75 Å². The van der Waals surface area contributed by atoms with Crippen molar-refractivity contribution in [2.75, 3.05) is 13.2 Å². The van der Waals surface area contributed by atoms with Crippen molar-refractivity contribution in [1.82, 2.24) is 5.32 Å². The molecule has 0 saturated heterocycles. The van der Waals surface area contributed by atoms with Crippen LogP contribution in [0.15, 0.2) is 34.1 Å². The van der Waals surface area contributed by atoms with E-state index in [0.717, 1.165) is 17.6 Å². The molecule has 2 aromatic rings. The van der Waals surface area contributed by atoms with Crippen molar-refractivity contribution >= 4 is 50.5 Å². The highest BCUT2D eigenvalue weighted by Crippen LogP contribution is 2.27. The standard InChI is InChI=1S/C13H12BrCl2NOS/c14-9-5-11(19-8-9)7-17-3-4-18-13-2-1-10(15)6-12(13)16/h1-2,5-6,8,17H,3-4,7H2. The summed E-state index contributed by atoms with van der Waals surface area (Å²) < 4.78 is 6.70. The molecule has 0 spiro atoms. The largest absolute Gasteiger partial charge is 0.491 e. The smallest absolute Gasteiger partial charge is 0.138 e. The molecule has 0 radical (unpaired) electrons. The molecule has 0 fully saturated rings. The van der Waals surface area contributed by atoms with Gasteiger partial charge in [-0.05, 0) is 40.2 Å². The molecule has 0 aliphatic heterocycles. The van der Waals surface area contributed by atoms with Crippen molar-refractivity contribution in [1.29, 1.82) is 0 Å². The zero-order valence-electron chi connectivity index (χ0n) is 9.96. The van der Waals surface area contributed by atoms with Crippen LogP contribution in [0.1, 0.15) is 4.88 Å². The second kappa shape index (κ2) is 7.50. The number of benzene rings is 1. The lowest BCUT2D eigenvalue weighted by Crippen LogP contribution is -2.20. The Hall–Kier alpha value is -0.260. The molecule has 1 heterocycles. The monoisotopic (exact) mass is 379 g/mol. The number of rotatable bonds is 6. The van der Waals surface area contributed by atoms with Gasteiger partial charge >= 0.3 is 0 Å². The SMILES string of the molecule is Clc1ccc(OCCNCc2cc(Br)cs2)c(Cl)c1. The summed E-state index contributed by atoms with van der Waals surface area (Å²) in [6.45, 7) is 2.16. The van der Waals surface area contributed by atoms with Crippen molar-refractivity contribution in [3.05, 3.63) is 49.0 Å². The quantitative estimate of drug-likeness (QED) is 0.713. The van der Waals surface area contributed by atoms with Crippen molar-refractivity contribution in [2.45, 2.75) is 6.54 Å². The number of hydrogen-bond donors (Lipinski definition) is 1. The van der Waals surface area contributed by atoms with Gasteiger partial charge in [0.05, 0.1) is 5.02 Å². The first kappa shape index (κ1) is 15.1. The van der Waals surface area contributed by atoms with E-state index in [1.54, 1.807) is 29.5 Å². The Morgan fingerprint density at radius 3 is 2.79 bits per heavy atom. The maximum atomic E-state index is 6.01. The summed E-state index contributed by atoms with van der Waals surface area (Å²) in [4.78, 5) is 1.29. The summed E-state index contributed by atoms with van der Waals surface area (Å²) in [5.41, 5.74) is 0. The fourth-order valence-corrected chi connectivity index (χ4v) is 3.37. The minimum absolute atomic E-state index is 0.537. The third-order valence-electron chi connectivity index (χ3n) is 2.35. The number of thiophene rings is 1. The number of hydrogen-bond acceptors (Lipinski definition) is 3. The van der Waals surface area contributed by atoms with E-state index in [-0.39, 0.29) is 0 Å². The van der Waals surface area contributed by atoms with Gasteiger partial charge in [-0.1, -0.05) is 23.2 Å². The Kier molecular flexibility index (Phi) is 5.98. The zero-order chi connectivity index (χ0) is 13.7. The lowest BCUT2D eigenvalue weighted by Gasteiger charge is -2.08. The normalized spacial score (nSPS) is 10.7. The van der Waals surface area contributed by atoms with Crippen LogP contribution in [0.2, 0.25) is 10.0 Å². The molecule has 102 valence electrons. The third kappa shape index (κ3) is 4.97. The Morgan fingerprint density at radius 2 is 2.11 bits per heavy atom. The first-order chi connectivity index (χ1) is 9.15. The van der Waals surface area contributed by atoms with E-state index < -0.39 is 0 Å². The molecule has 1 aromatic carbocycles. The summed E-state index contributed by atoms with van der Waals surface area (Å²) in [7, 11) is 0. The predicted molar refractivity (Wildman–Crippen MR) is 85.7 cm³/mol. The van der Waals surface area contributed by atoms with Crippen molar-refractivity contribution in [2.24, 2.45) is 0 Å². The molecule has 2 nitrogen and oxygen atoms in total. The van der Waals surface area contributed by atoms with E-state index in [9.17, 15) is 0 Å². The molecule has 1 aromatic heterocycles. The molecule has 6 heteroatoms. The van der Waals surface area contributed by atoms with Crippen LogP contribution in [-0.2, 0) is 6.54 Å². The molecule has 2 rings (SSSR count). The molecule has 0 aliphatic rings. The fourth-order valence-electron chi connectivity index (χ4n) is 1.48. The van der Waals surface area contributed by atoms with Gasteiger partial charge in [0, 0.05) is 32.8 Å². The second-order valence-corrected chi connectivity index (χ2v) is 6.59. The molecule has 0 bridgehead atoms. The van der Waals surface area contributed by atoms with Gasteiger partial charge in [0.1, 0.15) is 12.4 Å². The lowest BCUT2D eigenvalue weighted by atomic mass is 10.3. The molecule has 0 saturated carbocycles. The molecular weight excluding hydrogens is 369 g/mol. The van der Waals surface area contributed by atoms with Gasteiger partial charge in [0.25, 0.3) is 0 Å². The Balaban J connectivity index is 1.69. The Morgan fingerprint density at radius 1 is 1.26 bits per heavy atom. The van der Waals surface area contributed by atoms with Crippen LogP contribution in [0.3, 0.4) is 0 Å². The van der Waals surface area contributed by atoms with E-state index in [0.29, 0.717) is 22.4 Å². The highest BCUT2D eigenvalue weighted by Gasteiger charge is 2.02. The summed E-state index contributed by atoms with van der Waals surface area (Å²) in [5.74, 6) is 0.659. The van der Waals surface area contributed by atoms with E-state index in [1.807, 2.05) is 0 Å². The fraction of sp³-hybridized carbons (Fsp3) is 0.231. The number of nitrogens with one attached hydrogen (secondary N) is 1. The van der Waals surface area contributed by atoms with Crippen LogP contribution in [0.25, 0.3) is 0 Å². The average molecular weight is 381 g/mol. The molecule has 19 heavy (non-hydrogen) atoms. The average Bonchev–Trinajstić information content (AvgIpc) is 2.77. The molecule has 0 unspecified atom stereocenters. The van der Waals surface area contributed by atoms with Gasteiger partial charge in [-0.2, -0.15) is 0 Å². The van der Waals surface area contributed by atoms with Gasteiger partial charge < -0.3 is 10.1 Å². The summed E-state index contributed by atoms with van der Waals surface area (Å²) in [6, 6.07) is 7.32. The zero-order valence-corrected chi connectivity index (χ0v) is 13.9. The van der Waals surface area contributed by atoms with Gasteiger partial charge in [-0.3, -0.25) is 0 Å². The van der Waals surface area contributed by atoms with Crippen LogP contribution in [0.5, 0.6) is 5.75 Å². The van der Waals surface area contributed by atoms with Crippen LogP contribution in [0, 0.1) is 0 Å². The van der Waals surface area contributed by atoms with Crippen LogP contribution < -0.4 is 10.1 Å². The Labute approximate surface area is 134 Å². The lowest BCUT2D eigenvalue weighted by molar-refractivity contribution is 0.314. The Bertz CT molecular complexity index is 547. The first-order valence-electron chi connectivity index (χ1n) is 5.66. The minimum Gasteiger partial charge on any atom is -0.491 e. The van der Waals surface area contributed by atoms with E-state index in [4.69, 9.17) is 27.9 Å². The third-order valence-corrected chi connectivity index (χ3v) is 4.58. The van der Waals surface area contributed by atoms with E-state index in [2.05, 4.69) is 32.7 Å². The van der Waals surface area contributed by atoms with Gasteiger partial charge in [0.2, 0.25) is 0 Å². The number of ether oxygens (including phenoxy) is 1. The number of halogens is 3. The molecule has 0 atom stereocenters. The summed E-state index contributed by atoms with van der Waals surface area (Å²) >= 11 is 17.0. The van der Waals surface area contributed by atoms with Gasteiger partial charge in [0.15, 0.2) is 0 Å².